The second-order valence-corrected chi connectivity index (χ2v) is 4.27. The van der Waals surface area contributed by atoms with Crippen molar-refractivity contribution in [1.29, 1.82) is 0 Å². The maximum absolute atomic E-state index is 5.91. The number of anilines is 1. The first-order chi connectivity index (χ1) is 7.86. The lowest BCUT2D eigenvalue weighted by atomic mass is 10.1. The molecule has 16 heavy (non-hydrogen) atoms. The number of hydrogen-bond acceptors (Lipinski definition) is 5. The Labute approximate surface area is 94.4 Å². The molecule has 0 saturated carbocycles. The van der Waals surface area contributed by atoms with Crippen molar-refractivity contribution >= 4 is 11.7 Å². The number of nitrogens with two attached hydrogens (primary N) is 1. The number of nitrogen functional groups attached to an aromatic ring is 1. The number of piperidine rings is 1. The fraction of sp³-hybridized carbons (Fsp3) is 0.545. The molecule has 5 nitrogen and oxygen atoms in total. The van der Waals surface area contributed by atoms with E-state index < -0.39 is 0 Å². The van der Waals surface area contributed by atoms with Gasteiger partial charge in [-0.3, -0.25) is 4.99 Å². The highest BCUT2D eigenvalue weighted by Crippen LogP contribution is 2.24. The molecule has 0 amide bonds. The summed E-state index contributed by atoms with van der Waals surface area (Å²) in [5.41, 5.74) is 7.84. The highest BCUT2D eigenvalue weighted by atomic mass is 15.2. The Morgan fingerprint density at radius 3 is 2.75 bits per heavy atom. The molecule has 5 heteroatoms. The third kappa shape index (κ3) is 1.43. The first-order valence-corrected chi connectivity index (χ1v) is 5.75. The molecule has 1 aromatic heterocycles. The monoisotopic (exact) mass is 217 g/mol. The molecule has 0 bridgehead atoms. The normalized spacial score (nSPS) is 19.5. The summed E-state index contributed by atoms with van der Waals surface area (Å²) in [5.74, 6) is 1.57. The topological polar surface area (TPSA) is 67.4 Å². The quantitative estimate of drug-likeness (QED) is 0.698. The van der Waals surface area contributed by atoms with E-state index in [0.29, 0.717) is 12.4 Å². The average Bonchev–Trinajstić information content (AvgIpc) is 2.75. The van der Waals surface area contributed by atoms with Crippen LogP contribution in [0.25, 0.3) is 0 Å². The molecule has 0 atom stereocenters. The molecule has 2 N–H and O–H groups in total. The molecule has 2 aliphatic rings. The summed E-state index contributed by atoms with van der Waals surface area (Å²) < 4.78 is 0. The first kappa shape index (κ1) is 9.57. The minimum atomic E-state index is 0.562. The average molecular weight is 217 g/mol. The molecule has 0 unspecified atom stereocenters. The largest absolute Gasteiger partial charge is 0.383 e. The second-order valence-electron chi connectivity index (χ2n) is 4.27. The molecule has 1 fully saturated rings. The summed E-state index contributed by atoms with van der Waals surface area (Å²) in [6.07, 6.45) is 5.31. The lowest BCUT2D eigenvalue weighted by molar-refractivity contribution is 0.343. The predicted octanol–water partition coefficient (Wildman–Crippen LogP) is 0.805. The minimum Gasteiger partial charge on any atom is -0.383 e. The standard InChI is InChI=1S/C11H15N5/c12-10-9-8(14-7-15-10)6-13-11(9)16-4-2-1-3-5-16/h7H,1-6H2,(H2,12,14,15). The molecule has 0 aliphatic carbocycles. The van der Waals surface area contributed by atoms with Gasteiger partial charge in [0.25, 0.3) is 0 Å². The van der Waals surface area contributed by atoms with Crippen LogP contribution in [-0.4, -0.2) is 33.8 Å². The third-order valence-electron chi connectivity index (χ3n) is 3.21. The maximum Gasteiger partial charge on any atom is 0.138 e. The van der Waals surface area contributed by atoms with E-state index in [-0.39, 0.29) is 0 Å². The van der Waals surface area contributed by atoms with Crippen molar-refractivity contribution in [3.05, 3.63) is 17.6 Å². The highest BCUT2D eigenvalue weighted by Gasteiger charge is 2.26. The Kier molecular flexibility index (Phi) is 2.23. The zero-order valence-electron chi connectivity index (χ0n) is 9.19. The highest BCUT2D eigenvalue weighted by molar-refractivity contribution is 6.05. The summed E-state index contributed by atoms with van der Waals surface area (Å²) in [6, 6.07) is 0. The smallest absolute Gasteiger partial charge is 0.138 e. The van der Waals surface area contributed by atoms with E-state index in [2.05, 4.69) is 19.9 Å². The van der Waals surface area contributed by atoms with Crippen LogP contribution in [0.1, 0.15) is 30.5 Å². The van der Waals surface area contributed by atoms with Gasteiger partial charge in [-0.05, 0) is 19.3 Å². The van der Waals surface area contributed by atoms with E-state index in [1.54, 1.807) is 0 Å². The Morgan fingerprint density at radius 1 is 1.12 bits per heavy atom. The fourth-order valence-corrected chi connectivity index (χ4v) is 2.39. The summed E-state index contributed by atoms with van der Waals surface area (Å²) >= 11 is 0. The zero-order chi connectivity index (χ0) is 11.0. The number of rotatable bonds is 0. The number of fused-ring (bicyclic) bond motifs is 1. The number of hydrogen-bond donors (Lipinski definition) is 1. The van der Waals surface area contributed by atoms with Crippen molar-refractivity contribution in [2.45, 2.75) is 25.8 Å². The second kappa shape index (κ2) is 3.73. The summed E-state index contributed by atoms with van der Waals surface area (Å²) in [6.45, 7) is 2.80. The van der Waals surface area contributed by atoms with E-state index in [4.69, 9.17) is 5.73 Å². The Morgan fingerprint density at radius 2 is 1.94 bits per heavy atom. The van der Waals surface area contributed by atoms with Crippen molar-refractivity contribution in [2.75, 3.05) is 18.8 Å². The van der Waals surface area contributed by atoms with Gasteiger partial charge < -0.3 is 10.6 Å². The van der Waals surface area contributed by atoms with Crippen LogP contribution in [0.2, 0.25) is 0 Å². The van der Waals surface area contributed by atoms with Gasteiger partial charge in [-0.25, -0.2) is 9.97 Å². The van der Waals surface area contributed by atoms with Gasteiger partial charge in [0.05, 0.1) is 17.8 Å². The molecule has 3 rings (SSSR count). The minimum absolute atomic E-state index is 0.562. The van der Waals surface area contributed by atoms with E-state index in [0.717, 1.165) is 30.2 Å². The van der Waals surface area contributed by atoms with Crippen LogP contribution in [0, 0.1) is 0 Å². The van der Waals surface area contributed by atoms with Gasteiger partial charge in [0.1, 0.15) is 18.0 Å². The Bertz CT molecular complexity index is 434. The summed E-state index contributed by atoms with van der Waals surface area (Å²) in [4.78, 5) is 15.2. The SMILES string of the molecule is Nc1ncnc2c1C(N1CCCCC1)=NC2. The van der Waals surface area contributed by atoms with E-state index in [9.17, 15) is 0 Å². The summed E-state index contributed by atoms with van der Waals surface area (Å²) in [5, 5.41) is 0. The number of amidine groups is 1. The van der Waals surface area contributed by atoms with Crippen LogP contribution in [0.3, 0.4) is 0 Å². The molecule has 0 aromatic carbocycles. The molecule has 1 aromatic rings. The molecular formula is C11H15N5. The van der Waals surface area contributed by atoms with Crippen LogP contribution < -0.4 is 5.73 Å². The predicted molar refractivity (Wildman–Crippen MR) is 62.1 cm³/mol. The van der Waals surface area contributed by atoms with Crippen molar-refractivity contribution in [2.24, 2.45) is 4.99 Å². The Balaban J connectivity index is 1.95. The zero-order valence-corrected chi connectivity index (χ0v) is 9.19. The van der Waals surface area contributed by atoms with Crippen LogP contribution in [0.15, 0.2) is 11.3 Å². The van der Waals surface area contributed by atoms with Crippen molar-refractivity contribution in [1.82, 2.24) is 14.9 Å². The van der Waals surface area contributed by atoms with E-state index in [1.165, 1.54) is 25.6 Å². The number of aliphatic imine (C=N–C) groups is 1. The van der Waals surface area contributed by atoms with Gasteiger partial charge in [0.15, 0.2) is 0 Å². The van der Waals surface area contributed by atoms with E-state index >= 15 is 0 Å². The number of likely N-dealkylation sites (tertiary alicyclic amines) is 1. The number of aromatic nitrogens is 2. The fourth-order valence-electron chi connectivity index (χ4n) is 2.39. The number of nitrogens with zero attached hydrogens (tertiary/aromatic N) is 4. The Hall–Kier alpha value is -1.65. The van der Waals surface area contributed by atoms with Crippen molar-refractivity contribution < 1.29 is 0 Å². The summed E-state index contributed by atoms with van der Waals surface area (Å²) in [7, 11) is 0. The van der Waals surface area contributed by atoms with Gasteiger partial charge in [-0.2, -0.15) is 0 Å². The van der Waals surface area contributed by atoms with Crippen LogP contribution in [0.4, 0.5) is 5.82 Å². The molecule has 1 saturated heterocycles. The van der Waals surface area contributed by atoms with Crippen LogP contribution in [0.5, 0.6) is 0 Å². The lowest BCUT2D eigenvalue weighted by Gasteiger charge is -2.28. The van der Waals surface area contributed by atoms with Crippen LogP contribution >= 0.6 is 0 Å². The van der Waals surface area contributed by atoms with Gasteiger partial charge in [0.2, 0.25) is 0 Å². The lowest BCUT2D eigenvalue weighted by Crippen LogP contribution is -2.36. The van der Waals surface area contributed by atoms with Crippen molar-refractivity contribution in [3.8, 4) is 0 Å². The maximum atomic E-state index is 5.91. The molecular weight excluding hydrogens is 202 g/mol. The van der Waals surface area contributed by atoms with Gasteiger partial charge in [-0.15, -0.1) is 0 Å². The molecule has 2 aliphatic heterocycles. The van der Waals surface area contributed by atoms with Gasteiger partial charge in [0, 0.05) is 13.1 Å². The molecule has 0 radical (unpaired) electrons. The molecule has 84 valence electrons. The van der Waals surface area contributed by atoms with Crippen molar-refractivity contribution in [3.63, 3.8) is 0 Å². The van der Waals surface area contributed by atoms with Gasteiger partial charge >= 0.3 is 0 Å². The first-order valence-electron chi connectivity index (χ1n) is 5.75. The van der Waals surface area contributed by atoms with E-state index in [1.807, 2.05) is 0 Å². The van der Waals surface area contributed by atoms with Gasteiger partial charge in [-0.1, -0.05) is 0 Å². The van der Waals surface area contributed by atoms with Crippen LogP contribution in [-0.2, 0) is 6.54 Å². The molecule has 0 spiro atoms. The molecule has 3 heterocycles. The third-order valence-corrected chi connectivity index (χ3v) is 3.21.